The summed E-state index contributed by atoms with van der Waals surface area (Å²) >= 11 is 5.32. The fourth-order valence-corrected chi connectivity index (χ4v) is 2.53. The fourth-order valence-electron chi connectivity index (χ4n) is 2.29. The SMILES string of the molecule is Cc1ccc([C@H]2C=C(c3ccccc3)NC(=S)N2)cc1. The lowest BCUT2D eigenvalue weighted by Crippen LogP contribution is -2.40. The van der Waals surface area contributed by atoms with Gasteiger partial charge < -0.3 is 10.6 Å². The average molecular weight is 280 g/mol. The van der Waals surface area contributed by atoms with Crippen LogP contribution >= 0.6 is 12.2 Å². The van der Waals surface area contributed by atoms with Crippen molar-refractivity contribution in [2.45, 2.75) is 13.0 Å². The molecule has 0 unspecified atom stereocenters. The van der Waals surface area contributed by atoms with Crippen LogP contribution in [0.4, 0.5) is 0 Å². The summed E-state index contributed by atoms with van der Waals surface area (Å²) < 4.78 is 0. The molecule has 1 heterocycles. The summed E-state index contributed by atoms with van der Waals surface area (Å²) in [4.78, 5) is 0. The molecular weight excluding hydrogens is 264 g/mol. The van der Waals surface area contributed by atoms with E-state index in [4.69, 9.17) is 12.2 Å². The van der Waals surface area contributed by atoms with Crippen LogP contribution in [-0.2, 0) is 0 Å². The minimum atomic E-state index is 0.111. The van der Waals surface area contributed by atoms with Crippen LogP contribution in [0.2, 0.25) is 0 Å². The third kappa shape index (κ3) is 2.73. The van der Waals surface area contributed by atoms with E-state index in [1.807, 2.05) is 18.2 Å². The van der Waals surface area contributed by atoms with Crippen molar-refractivity contribution in [3.63, 3.8) is 0 Å². The van der Waals surface area contributed by atoms with Crippen LogP contribution in [0.3, 0.4) is 0 Å². The molecule has 0 amide bonds. The zero-order valence-electron chi connectivity index (χ0n) is 11.3. The highest BCUT2D eigenvalue weighted by Crippen LogP contribution is 2.23. The second-order valence-electron chi connectivity index (χ2n) is 4.93. The maximum absolute atomic E-state index is 5.32. The highest BCUT2D eigenvalue weighted by atomic mass is 32.1. The highest BCUT2D eigenvalue weighted by molar-refractivity contribution is 7.80. The van der Waals surface area contributed by atoms with Crippen molar-refractivity contribution >= 4 is 23.0 Å². The van der Waals surface area contributed by atoms with Crippen LogP contribution in [0, 0.1) is 6.92 Å². The van der Waals surface area contributed by atoms with Crippen molar-refractivity contribution in [1.29, 1.82) is 0 Å². The van der Waals surface area contributed by atoms with Crippen molar-refractivity contribution in [1.82, 2.24) is 10.6 Å². The van der Waals surface area contributed by atoms with Gasteiger partial charge in [0.15, 0.2) is 5.11 Å². The Hall–Kier alpha value is -2.13. The Balaban J connectivity index is 1.95. The van der Waals surface area contributed by atoms with Crippen molar-refractivity contribution in [2.75, 3.05) is 0 Å². The molecule has 20 heavy (non-hydrogen) atoms. The van der Waals surface area contributed by atoms with Crippen LogP contribution in [-0.4, -0.2) is 5.11 Å². The molecule has 0 radical (unpaired) electrons. The number of hydrogen-bond donors (Lipinski definition) is 2. The van der Waals surface area contributed by atoms with Gasteiger partial charge in [0, 0.05) is 5.70 Å². The molecule has 2 aromatic carbocycles. The van der Waals surface area contributed by atoms with Gasteiger partial charge in [-0.15, -0.1) is 0 Å². The molecule has 1 atom stereocenters. The number of hydrogen-bond acceptors (Lipinski definition) is 1. The van der Waals surface area contributed by atoms with E-state index in [-0.39, 0.29) is 6.04 Å². The Morgan fingerprint density at radius 1 is 0.950 bits per heavy atom. The monoisotopic (exact) mass is 280 g/mol. The first kappa shape index (κ1) is 12.9. The van der Waals surface area contributed by atoms with E-state index in [9.17, 15) is 0 Å². The van der Waals surface area contributed by atoms with Gasteiger partial charge in [-0.05, 0) is 36.3 Å². The first-order valence-corrected chi connectivity index (χ1v) is 7.04. The Morgan fingerprint density at radius 3 is 2.35 bits per heavy atom. The van der Waals surface area contributed by atoms with Gasteiger partial charge >= 0.3 is 0 Å². The first-order valence-electron chi connectivity index (χ1n) is 6.64. The summed E-state index contributed by atoms with van der Waals surface area (Å²) in [6.07, 6.45) is 2.18. The lowest BCUT2D eigenvalue weighted by atomic mass is 10.0. The van der Waals surface area contributed by atoms with E-state index in [0.717, 1.165) is 11.3 Å². The second-order valence-corrected chi connectivity index (χ2v) is 5.34. The van der Waals surface area contributed by atoms with Crippen LogP contribution in [0.25, 0.3) is 5.70 Å². The van der Waals surface area contributed by atoms with Gasteiger partial charge in [-0.25, -0.2) is 0 Å². The van der Waals surface area contributed by atoms with Crippen LogP contribution in [0.5, 0.6) is 0 Å². The molecule has 0 saturated heterocycles. The Morgan fingerprint density at radius 2 is 1.65 bits per heavy atom. The van der Waals surface area contributed by atoms with Gasteiger partial charge in [0.2, 0.25) is 0 Å². The Kier molecular flexibility index (Phi) is 3.52. The molecule has 0 bridgehead atoms. The molecule has 2 nitrogen and oxygen atoms in total. The van der Waals surface area contributed by atoms with E-state index in [1.54, 1.807) is 0 Å². The number of aryl methyl sites for hydroxylation is 1. The lowest BCUT2D eigenvalue weighted by Gasteiger charge is -2.26. The van der Waals surface area contributed by atoms with Gasteiger partial charge in [0.1, 0.15) is 0 Å². The molecule has 3 heteroatoms. The van der Waals surface area contributed by atoms with Crippen LogP contribution < -0.4 is 10.6 Å². The van der Waals surface area contributed by atoms with E-state index < -0.39 is 0 Å². The van der Waals surface area contributed by atoms with Crippen molar-refractivity contribution in [2.24, 2.45) is 0 Å². The van der Waals surface area contributed by atoms with E-state index in [1.165, 1.54) is 11.1 Å². The molecule has 1 aliphatic rings. The standard InChI is InChI=1S/C17H16N2S/c1-12-7-9-14(10-8-12)16-11-15(18-17(20)19-16)13-5-3-2-4-6-13/h2-11,16H,1H3,(H2,18,19,20)/t16-/m1/s1. The van der Waals surface area contributed by atoms with Crippen molar-refractivity contribution < 1.29 is 0 Å². The van der Waals surface area contributed by atoms with Gasteiger partial charge in [-0.1, -0.05) is 60.2 Å². The minimum Gasteiger partial charge on any atom is -0.352 e. The number of nitrogens with one attached hydrogen (secondary N) is 2. The smallest absolute Gasteiger partial charge is 0.171 e. The Bertz CT molecular complexity index is 644. The molecule has 0 saturated carbocycles. The molecule has 2 aromatic rings. The largest absolute Gasteiger partial charge is 0.352 e. The molecular formula is C17H16N2S. The van der Waals surface area contributed by atoms with E-state index in [0.29, 0.717) is 5.11 Å². The topological polar surface area (TPSA) is 24.1 Å². The van der Waals surface area contributed by atoms with Crippen LogP contribution in [0.15, 0.2) is 60.7 Å². The predicted molar refractivity (Wildman–Crippen MR) is 87.2 cm³/mol. The number of benzene rings is 2. The van der Waals surface area contributed by atoms with Gasteiger partial charge in [0.05, 0.1) is 6.04 Å². The van der Waals surface area contributed by atoms with Gasteiger partial charge in [0.25, 0.3) is 0 Å². The third-order valence-corrected chi connectivity index (χ3v) is 3.61. The Labute approximate surface area is 124 Å². The predicted octanol–water partition coefficient (Wildman–Crippen LogP) is 3.55. The zero-order valence-corrected chi connectivity index (χ0v) is 12.1. The maximum Gasteiger partial charge on any atom is 0.171 e. The summed E-state index contributed by atoms with van der Waals surface area (Å²) in [5, 5.41) is 7.18. The normalized spacial score (nSPS) is 17.9. The third-order valence-electron chi connectivity index (χ3n) is 3.39. The summed E-state index contributed by atoms with van der Waals surface area (Å²) in [5.74, 6) is 0. The maximum atomic E-state index is 5.32. The molecule has 1 aliphatic heterocycles. The molecule has 0 aromatic heterocycles. The van der Waals surface area contributed by atoms with Gasteiger partial charge in [-0.3, -0.25) is 0 Å². The fraction of sp³-hybridized carbons (Fsp3) is 0.118. The number of rotatable bonds is 2. The molecule has 0 spiro atoms. The van der Waals surface area contributed by atoms with Gasteiger partial charge in [-0.2, -0.15) is 0 Å². The molecule has 0 aliphatic carbocycles. The molecule has 100 valence electrons. The average Bonchev–Trinajstić information content (AvgIpc) is 2.48. The van der Waals surface area contributed by atoms with Crippen molar-refractivity contribution in [3.8, 4) is 0 Å². The summed E-state index contributed by atoms with van der Waals surface area (Å²) in [5.41, 5.74) is 4.68. The lowest BCUT2D eigenvalue weighted by molar-refractivity contribution is 0.765. The molecule has 3 rings (SSSR count). The zero-order chi connectivity index (χ0) is 13.9. The van der Waals surface area contributed by atoms with E-state index in [2.05, 4.69) is 60.0 Å². The molecule has 0 fully saturated rings. The molecule has 2 N–H and O–H groups in total. The van der Waals surface area contributed by atoms with E-state index >= 15 is 0 Å². The highest BCUT2D eigenvalue weighted by Gasteiger charge is 2.18. The van der Waals surface area contributed by atoms with Crippen LogP contribution in [0.1, 0.15) is 22.7 Å². The number of thiocarbonyl (C=S) groups is 1. The summed E-state index contributed by atoms with van der Waals surface area (Å²) in [6, 6.07) is 18.9. The quantitative estimate of drug-likeness (QED) is 0.823. The first-order chi connectivity index (χ1) is 9.72. The van der Waals surface area contributed by atoms with Crippen molar-refractivity contribution in [3.05, 3.63) is 77.4 Å². The summed E-state index contributed by atoms with van der Waals surface area (Å²) in [6.45, 7) is 2.09. The second kappa shape index (κ2) is 5.47. The minimum absolute atomic E-state index is 0.111. The summed E-state index contributed by atoms with van der Waals surface area (Å²) in [7, 11) is 0.